The van der Waals surface area contributed by atoms with Crippen molar-refractivity contribution >= 4 is 16.4 Å². The molecular weight excluding hydrogens is 461 g/mol. The zero-order chi connectivity index (χ0) is 25.3. The van der Waals surface area contributed by atoms with Crippen LogP contribution in [0, 0.1) is 27.7 Å². The number of carbonyl (C=O) groups is 1. The van der Waals surface area contributed by atoms with E-state index < -0.39 is 23.3 Å². The molecule has 0 fully saturated rings. The van der Waals surface area contributed by atoms with Crippen LogP contribution in [0.1, 0.15) is 38.9 Å². The average Bonchev–Trinajstić information content (AvgIpc) is 3.10. The summed E-state index contributed by atoms with van der Waals surface area (Å²) < 4.78 is 49.9. The van der Waals surface area contributed by atoms with Crippen molar-refractivity contribution in [2.45, 2.75) is 46.4 Å². The number of ether oxygens (including phenoxy) is 2. The first-order chi connectivity index (χ1) is 15.9. The molecule has 3 nitrogen and oxygen atoms in total. The lowest BCUT2D eigenvalue weighted by Gasteiger charge is -2.27. The van der Waals surface area contributed by atoms with Gasteiger partial charge in [0.1, 0.15) is 5.75 Å². The van der Waals surface area contributed by atoms with Gasteiger partial charge in [-0.15, -0.1) is 0 Å². The number of hydrogen-bond acceptors (Lipinski definition) is 3. The molecule has 0 saturated carbocycles. The summed E-state index contributed by atoms with van der Waals surface area (Å²) in [6, 6.07) is 12.9. The monoisotopic (exact) mass is 489 g/mol. The van der Waals surface area contributed by atoms with Crippen molar-refractivity contribution in [1.82, 2.24) is 0 Å². The molecule has 180 valence electrons. The van der Waals surface area contributed by atoms with Crippen LogP contribution in [0.2, 0.25) is 0 Å². The fraction of sp³-hybridized carbons (Fsp3) is 0.296. The molecule has 0 bridgehead atoms. The number of rotatable bonds is 7. The number of benzene rings is 2. The maximum absolute atomic E-state index is 12.9. The molecule has 0 aliphatic rings. The van der Waals surface area contributed by atoms with Gasteiger partial charge in [0.15, 0.2) is 26.9 Å². The number of thiophene rings is 1. The third-order valence-corrected chi connectivity index (χ3v) is 7.97. The van der Waals surface area contributed by atoms with E-state index in [9.17, 15) is 18.0 Å². The van der Waals surface area contributed by atoms with Crippen LogP contribution in [-0.4, -0.2) is 12.6 Å². The van der Waals surface area contributed by atoms with Gasteiger partial charge in [-0.1, -0.05) is 18.7 Å². The number of esters is 1. The van der Waals surface area contributed by atoms with E-state index >= 15 is 0 Å². The van der Waals surface area contributed by atoms with E-state index in [2.05, 4.69) is 44.7 Å². The number of alkyl halides is 3. The van der Waals surface area contributed by atoms with Crippen LogP contribution in [-0.2, 0) is 21.3 Å². The molecule has 1 heterocycles. The Morgan fingerprint density at radius 1 is 0.941 bits per heavy atom. The van der Waals surface area contributed by atoms with Gasteiger partial charge in [0.25, 0.3) is 0 Å². The number of aryl methyl sites for hydroxylation is 4. The fourth-order valence-electron chi connectivity index (χ4n) is 3.86. The minimum absolute atomic E-state index is 0.0715. The molecule has 2 aromatic carbocycles. The van der Waals surface area contributed by atoms with Crippen molar-refractivity contribution in [2.75, 3.05) is 6.61 Å². The average molecular weight is 490 g/mol. The van der Waals surface area contributed by atoms with Gasteiger partial charge in [-0.25, -0.2) is 4.79 Å². The second kappa shape index (κ2) is 9.66. The normalized spacial score (nSPS) is 13.3. The summed E-state index contributed by atoms with van der Waals surface area (Å²) in [6.07, 6.45) is -3.06. The zero-order valence-electron chi connectivity index (χ0n) is 19.9. The Hall–Kier alpha value is -3.06. The SMILES string of the molecule is C=CC(C)(OC(=O)COc1c(C)cc(-[s+]2c(C)ccc2C)cc1C)c1ccc(C(F)(F)F)cc1. The summed E-state index contributed by atoms with van der Waals surface area (Å²) >= 11 is 0. The summed E-state index contributed by atoms with van der Waals surface area (Å²) in [5.74, 6) is -0.0398. The maximum atomic E-state index is 12.9. The molecular formula is C27H28F3O3S+. The minimum atomic E-state index is -4.44. The Bertz CT molecular complexity index is 1170. The van der Waals surface area contributed by atoms with Crippen LogP contribution >= 0.6 is 10.5 Å². The van der Waals surface area contributed by atoms with Gasteiger partial charge in [0.05, 0.1) is 5.56 Å². The summed E-state index contributed by atoms with van der Waals surface area (Å²) in [5, 5.41) is 0. The Balaban J connectivity index is 1.73. The lowest BCUT2D eigenvalue weighted by atomic mass is 9.95. The highest BCUT2D eigenvalue weighted by atomic mass is 32.2. The molecule has 1 unspecified atom stereocenters. The third kappa shape index (κ3) is 5.36. The van der Waals surface area contributed by atoms with Crippen LogP contribution < -0.4 is 4.74 Å². The predicted molar refractivity (Wildman–Crippen MR) is 130 cm³/mol. The lowest BCUT2D eigenvalue weighted by Crippen LogP contribution is -2.29. The van der Waals surface area contributed by atoms with Crippen molar-refractivity contribution < 1.29 is 27.4 Å². The van der Waals surface area contributed by atoms with E-state index in [4.69, 9.17) is 9.47 Å². The second-order valence-electron chi connectivity index (χ2n) is 8.40. The van der Waals surface area contributed by atoms with Gasteiger partial charge in [-0.05, 0) is 67.8 Å². The van der Waals surface area contributed by atoms with E-state index in [1.807, 2.05) is 13.8 Å². The fourth-order valence-corrected chi connectivity index (χ4v) is 6.11. The van der Waals surface area contributed by atoms with Crippen molar-refractivity contribution in [3.63, 3.8) is 0 Å². The predicted octanol–water partition coefficient (Wildman–Crippen LogP) is 7.70. The summed E-state index contributed by atoms with van der Waals surface area (Å²) in [5.41, 5.74) is 0.135. The molecule has 7 heteroatoms. The Labute approximate surface area is 200 Å². The first kappa shape index (κ1) is 25.6. The van der Waals surface area contributed by atoms with Crippen LogP contribution in [0.4, 0.5) is 13.2 Å². The molecule has 0 radical (unpaired) electrons. The van der Waals surface area contributed by atoms with E-state index in [0.29, 0.717) is 11.3 Å². The number of hydrogen-bond donors (Lipinski definition) is 0. The summed E-state index contributed by atoms with van der Waals surface area (Å²) in [6.45, 7) is 13.0. The molecule has 3 aromatic rings. The first-order valence-corrected chi connectivity index (χ1v) is 11.9. The highest BCUT2D eigenvalue weighted by Gasteiger charge is 2.33. The van der Waals surface area contributed by atoms with Crippen LogP contribution in [0.15, 0.2) is 61.2 Å². The first-order valence-electron chi connectivity index (χ1n) is 10.7. The zero-order valence-corrected chi connectivity index (χ0v) is 20.7. The Kier molecular flexibility index (Phi) is 7.26. The van der Waals surface area contributed by atoms with Gasteiger partial charge in [-0.2, -0.15) is 13.2 Å². The molecule has 34 heavy (non-hydrogen) atoms. The van der Waals surface area contributed by atoms with Crippen LogP contribution in [0.3, 0.4) is 0 Å². The molecule has 0 amide bonds. The topological polar surface area (TPSA) is 35.5 Å². The van der Waals surface area contributed by atoms with E-state index in [0.717, 1.165) is 23.3 Å². The molecule has 0 aliphatic heterocycles. The van der Waals surface area contributed by atoms with E-state index in [-0.39, 0.29) is 17.1 Å². The van der Waals surface area contributed by atoms with Gasteiger partial charge in [-0.3, -0.25) is 0 Å². The molecule has 0 aliphatic carbocycles. The highest BCUT2D eigenvalue weighted by Crippen LogP contribution is 2.42. The molecule has 0 spiro atoms. The Morgan fingerprint density at radius 3 is 1.91 bits per heavy atom. The van der Waals surface area contributed by atoms with E-state index in [1.165, 1.54) is 32.9 Å². The maximum Gasteiger partial charge on any atom is 0.416 e. The largest absolute Gasteiger partial charge is 0.481 e. The van der Waals surface area contributed by atoms with E-state index in [1.54, 1.807) is 6.92 Å². The molecule has 0 N–H and O–H groups in total. The van der Waals surface area contributed by atoms with Gasteiger partial charge in [0, 0.05) is 36.5 Å². The number of carbonyl (C=O) groups excluding carboxylic acids is 1. The van der Waals surface area contributed by atoms with Crippen molar-refractivity contribution in [2.24, 2.45) is 0 Å². The smallest absolute Gasteiger partial charge is 0.416 e. The molecule has 1 aromatic heterocycles. The quantitative estimate of drug-likeness (QED) is 0.194. The lowest BCUT2D eigenvalue weighted by molar-refractivity contribution is -0.157. The van der Waals surface area contributed by atoms with Gasteiger partial charge < -0.3 is 9.47 Å². The number of halogens is 3. The highest BCUT2D eigenvalue weighted by molar-refractivity contribution is 7.39. The van der Waals surface area contributed by atoms with Gasteiger partial charge >= 0.3 is 12.1 Å². The van der Waals surface area contributed by atoms with Crippen molar-refractivity contribution in [3.05, 3.63) is 93.2 Å². The van der Waals surface area contributed by atoms with Gasteiger partial charge in [0.2, 0.25) is 0 Å². The molecule has 1 atom stereocenters. The summed E-state index contributed by atoms with van der Waals surface area (Å²) in [4.78, 5) is 16.4. The second-order valence-corrected chi connectivity index (χ2v) is 10.8. The standard InChI is InChI=1S/C27H28F3O3S/c1-7-26(6,21-10-12-22(13-11-21)27(28,29)30)33-24(31)16-32-25-17(2)14-23(15-18(25)3)34-19(4)8-9-20(34)5/h7-15H,1,16H2,2-6H3/q+1. The Morgan fingerprint density at radius 2 is 1.44 bits per heavy atom. The van der Waals surface area contributed by atoms with Crippen LogP contribution in [0.25, 0.3) is 4.90 Å². The third-order valence-electron chi connectivity index (χ3n) is 5.70. The van der Waals surface area contributed by atoms with Crippen LogP contribution in [0.5, 0.6) is 5.75 Å². The molecule has 0 saturated heterocycles. The minimum Gasteiger partial charge on any atom is -0.481 e. The van der Waals surface area contributed by atoms with Crippen molar-refractivity contribution in [1.29, 1.82) is 0 Å². The van der Waals surface area contributed by atoms with Crippen molar-refractivity contribution in [3.8, 4) is 10.6 Å². The molecule has 3 rings (SSSR count). The summed E-state index contributed by atoms with van der Waals surface area (Å²) in [7, 11) is -0.0715.